The lowest BCUT2D eigenvalue weighted by Gasteiger charge is -1.98. The third kappa shape index (κ3) is 2.67. The molecule has 24 heavy (non-hydrogen) atoms. The summed E-state index contributed by atoms with van der Waals surface area (Å²) in [5.74, 6) is 0.694. The lowest BCUT2D eigenvalue weighted by molar-refractivity contribution is 0.0950. The van der Waals surface area contributed by atoms with Crippen molar-refractivity contribution in [2.75, 3.05) is 0 Å². The summed E-state index contributed by atoms with van der Waals surface area (Å²) in [6.07, 6.45) is 1.76. The molecular weight excluding hydrogens is 326 g/mol. The average molecular weight is 339 g/mol. The fourth-order valence-electron chi connectivity index (χ4n) is 2.36. The van der Waals surface area contributed by atoms with Gasteiger partial charge in [-0.05, 0) is 29.6 Å². The number of thiophene rings is 1. The molecule has 0 atom stereocenters. The first-order valence-corrected chi connectivity index (χ1v) is 8.14. The van der Waals surface area contributed by atoms with Crippen LogP contribution in [0.2, 0.25) is 0 Å². The second-order valence-corrected chi connectivity index (χ2v) is 6.18. The third-order valence-corrected chi connectivity index (χ3v) is 4.47. The van der Waals surface area contributed by atoms with Crippen molar-refractivity contribution >= 4 is 28.3 Å². The van der Waals surface area contributed by atoms with Gasteiger partial charge in [-0.2, -0.15) is 4.98 Å². The van der Waals surface area contributed by atoms with E-state index in [0.29, 0.717) is 16.6 Å². The van der Waals surface area contributed by atoms with Crippen LogP contribution in [0.5, 0.6) is 0 Å². The van der Waals surface area contributed by atoms with Crippen LogP contribution in [-0.2, 0) is 13.6 Å². The number of benzene rings is 1. The predicted octanol–water partition coefficient (Wildman–Crippen LogP) is 2.61. The Morgan fingerprint density at radius 1 is 1.38 bits per heavy atom. The summed E-state index contributed by atoms with van der Waals surface area (Å²) in [5, 5.41) is 8.60. The van der Waals surface area contributed by atoms with Gasteiger partial charge in [-0.15, -0.1) is 11.3 Å². The summed E-state index contributed by atoms with van der Waals surface area (Å²) < 4.78 is 7.15. The van der Waals surface area contributed by atoms with Crippen LogP contribution < -0.4 is 5.32 Å². The van der Waals surface area contributed by atoms with Crippen molar-refractivity contribution in [2.24, 2.45) is 7.05 Å². The van der Waals surface area contributed by atoms with Gasteiger partial charge in [0.1, 0.15) is 0 Å². The number of carbonyl (C=O) groups is 1. The molecule has 120 valence electrons. The maximum absolute atomic E-state index is 11.9. The van der Waals surface area contributed by atoms with Crippen molar-refractivity contribution in [1.29, 1.82) is 0 Å². The summed E-state index contributed by atoms with van der Waals surface area (Å²) in [7, 11) is 1.93. The molecule has 8 heteroatoms. The van der Waals surface area contributed by atoms with Gasteiger partial charge in [0.05, 0.1) is 28.8 Å². The Morgan fingerprint density at radius 2 is 2.29 bits per heavy atom. The largest absolute Gasteiger partial charge is 0.342 e. The molecule has 3 aromatic heterocycles. The first kappa shape index (κ1) is 14.6. The number of nitrogens with one attached hydrogen (secondary N) is 1. The van der Waals surface area contributed by atoms with Gasteiger partial charge in [0.25, 0.3) is 5.91 Å². The number of imidazole rings is 1. The van der Waals surface area contributed by atoms with Gasteiger partial charge in [-0.3, -0.25) is 4.79 Å². The van der Waals surface area contributed by atoms with Crippen molar-refractivity contribution in [3.8, 4) is 11.4 Å². The maximum atomic E-state index is 11.9. The van der Waals surface area contributed by atoms with Crippen LogP contribution in [0, 0.1) is 0 Å². The van der Waals surface area contributed by atoms with Gasteiger partial charge < -0.3 is 14.4 Å². The number of hydrogen-bond acceptors (Lipinski definition) is 6. The van der Waals surface area contributed by atoms with Crippen molar-refractivity contribution in [1.82, 2.24) is 25.0 Å². The molecule has 7 nitrogen and oxygen atoms in total. The molecule has 0 fully saturated rings. The highest BCUT2D eigenvalue weighted by Gasteiger charge is 2.12. The van der Waals surface area contributed by atoms with Crippen molar-refractivity contribution in [3.63, 3.8) is 0 Å². The molecule has 3 heterocycles. The molecule has 4 aromatic rings. The molecule has 0 saturated heterocycles. The molecule has 0 aliphatic rings. The van der Waals surface area contributed by atoms with E-state index < -0.39 is 0 Å². The predicted molar refractivity (Wildman–Crippen MR) is 89.5 cm³/mol. The Bertz CT molecular complexity index is 1000. The van der Waals surface area contributed by atoms with Gasteiger partial charge in [-0.1, -0.05) is 11.2 Å². The minimum atomic E-state index is -0.152. The van der Waals surface area contributed by atoms with Crippen molar-refractivity contribution < 1.29 is 9.32 Å². The molecule has 1 aromatic carbocycles. The normalized spacial score (nSPS) is 11.0. The van der Waals surface area contributed by atoms with Gasteiger partial charge in [0, 0.05) is 12.6 Å². The Balaban J connectivity index is 1.51. The minimum absolute atomic E-state index is 0.152. The zero-order valence-corrected chi connectivity index (χ0v) is 13.6. The van der Waals surface area contributed by atoms with E-state index in [2.05, 4.69) is 20.4 Å². The summed E-state index contributed by atoms with van der Waals surface area (Å²) in [4.78, 5) is 21.2. The van der Waals surface area contributed by atoms with E-state index in [9.17, 15) is 4.79 Å². The topological polar surface area (TPSA) is 85.8 Å². The van der Waals surface area contributed by atoms with Crippen LogP contribution in [0.15, 0.2) is 46.6 Å². The first-order valence-electron chi connectivity index (χ1n) is 7.26. The summed E-state index contributed by atoms with van der Waals surface area (Å²) in [6, 6.07) is 9.37. The van der Waals surface area contributed by atoms with Crippen LogP contribution in [0.25, 0.3) is 22.4 Å². The van der Waals surface area contributed by atoms with E-state index in [1.807, 2.05) is 41.3 Å². The molecule has 0 radical (unpaired) electrons. The van der Waals surface area contributed by atoms with E-state index in [-0.39, 0.29) is 12.5 Å². The third-order valence-electron chi connectivity index (χ3n) is 3.60. The Labute approximate surface area is 140 Å². The van der Waals surface area contributed by atoms with Crippen LogP contribution in [-0.4, -0.2) is 25.6 Å². The standard InChI is InChI=1S/C16H13N5O2S/c1-21-9-18-11-5-4-10(7-12(11)21)15-19-14(23-20-15)8-17-16(22)13-3-2-6-24-13/h2-7,9H,8H2,1H3,(H,17,22). The molecular formula is C16H13N5O2S. The monoisotopic (exact) mass is 339 g/mol. The molecule has 0 unspecified atom stereocenters. The zero-order chi connectivity index (χ0) is 16.5. The van der Waals surface area contributed by atoms with E-state index in [4.69, 9.17) is 4.52 Å². The number of hydrogen-bond donors (Lipinski definition) is 1. The van der Waals surface area contributed by atoms with Gasteiger partial charge in [0.15, 0.2) is 0 Å². The molecule has 0 spiro atoms. The van der Waals surface area contributed by atoms with Gasteiger partial charge in [-0.25, -0.2) is 4.98 Å². The fourth-order valence-corrected chi connectivity index (χ4v) is 3.00. The van der Waals surface area contributed by atoms with E-state index in [1.54, 1.807) is 12.4 Å². The number of carbonyl (C=O) groups excluding carboxylic acids is 1. The number of amides is 1. The van der Waals surface area contributed by atoms with E-state index in [0.717, 1.165) is 16.6 Å². The highest BCUT2D eigenvalue weighted by molar-refractivity contribution is 7.12. The van der Waals surface area contributed by atoms with Gasteiger partial charge >= 0.3 is 0 Å². The number of fused-ring (bicyclic) bond motifs is 1. The van der Waals surface area contributed by atoms with Crippen molar-refractivity contribution in [3.05, 3.63) is 52.8 Å². The number of rotatable bonds is 4. The molecule has 4 rings (SSSR count). The lowest BCUT2D eigenvalue weighted by atomic mass is 10.2. The smallest absolute Gasteiger partial charge is 0.261 e. The Morgan fingerprint density at radius 3 is 3.12 bits per heavy atom. The summed E-state index contributed by atoms with van der Waals surface area (Å²) in [5.41, 5.74) is 2.74. The molecule has 1 amide bonds. The van der Waals surface area contributed by atoms with Crippen LogP contribution in [0.3, 0.4) is 0 Å². The van der Waals surface area contributed by atoms with E-state index >= 15 is 0 Å². The van der Waals surface area contributed by atoms with Crippen molar-refractivity contribution in [2.45, 2.75) is 6.54 Å². The fraction of sp³-hybridized carbons (Fsp3) is 0.125. The quantitative estimate of drug-likeness (QED) is 0.618. The molecule has 0 bridgehead atoms. The second-order valence-electron chi connectivity index (χ2n) is 5.23. The number of aromatic nitrogens is 4. The van der Waals surface area contributed by atoms with Crippen LogP contribution in [0.4, 0.5) is 0 Å². The van der Waals surface area contributed by atoms with Gasteiger partial charge in [0.2, 0.25) is 11.7 Å². The second kappa shape index (κ2) is 5.89. The van der Waals surface area contributed by atoms with E-state index in [1.165, 1.54) is 11.3 Å². The first-order chi connectivity index (χ1) is 11.7. The maximum Gasteiger partial charge on any atom is 0.261 e. The molecule has 0 saturated carbocycles. The summed E-state index contributed by atoms with van der Waals surface area (Å²) in [6.45, 7) is 0.192. The molecule has 1 N–H and O–H groups in total. The number of nitrogens with zero attached hydrogens (tertiary/aromatic N) is 4. The Kier molecular flexibility index (Phi) is 3.58. The molecule has 0 aliphatic heterocycles. The molecule has 0 aliphatic carbocycles. The Hall–Kier alpha value is -3.00. The SMILES string of the molecule is Cn1cnc2ccc(-c3noc(CNC(=O)c4cccs4)n3)cc21. The zero-order valence-electron chi connectivity index (χ0n) is 12.8. The van der Waals surface area contributed by atoms with Crippen LogP contribution in [0.1, 0.15) is 15.6 Å². The lowest BCUT2D eigenvalue weighted by Crippen LogP contribution is -2.21. The average Bonchev–Trinajstić information content (AvgIpc) is 3.34. The summed E-state index contributed by atoms with van der Waals surface area (Å²) >= 11 is 1.38. The highest BCUT2D eigenvalue weighted by atomic mass is 32.1. The highest BCUT2D eigenvalue weighted by Crippen LogP contribution is 2.21. The van der Waals surface area contributed by atoms with Crippen LogP contribution >= 0.6 is 11.3 Å². The minimum Gasteiger partial charge on any atom is -0.342 e. The number of aryl methyl sites for hydroxylation is 1.